The molecule has 0 saturated heterocycles. The molecule has 1 aromatic carbocycles. The molecule has 0 bridgehead atoms. The molecule has 0 fully saturated rings. The molecule has 3 aromatic rings. The van der Waals surface area contributed by atoms with Crippen molar-refractivity contribution in [3.8, 4) is 0 Å². The minimum absolute atomic E-state index is 0.124. The Morgan fingerprint density at radius 1 is 1.40 bits per heavy atom. The van der Waals surface area contributed by atoms with Crippen LogP contribution in [-0.2, 0) is 13.5 Å². The molecule has 0 spiro atoms. The number of carbonyl (C=O) groups excluding carboxylic acids is 1. The third kappa shape index (κ3) is 1.97. The molecule has 2 heterocycles. The summed E-state index contributed by atoms with van der Waals surface area (Å²) in [4.78, 5) is 12.4. The van der Waals surface area contributed by atoms with E-state index < -0.39 is 0 Å². The normalized spacial score (nSPS) is 10.9. The first-order valence-corrected chi connectivity index (χ1v) is 6.58. The lowest BCUT2D eigenvalue weighted by molar-refractivity contribution is 0.102. The second kappa shape index (κ2) is 4.85. The molecule has 3 rings (SSSR count). The molecule has 2 aromatic heterocycles. The number of aromatic nitrogens is 3. The zero-order chi connectivity index (χ0) is 14.1. The van der Waals surface area contributed by atoms with E-state index in [4.69, 9.17) is 0 Å². The lowest BCUT2D eigenvalue weighted by atomic mass is 10.1. The molecule has 5 nitrogen and oxygen atoms in total. The van der Waals surface area contributed by atoms with Crippen molar-refractivity contribution in [3.05, 3.63) is 47.8 Å². The van der Waals surface area contributed by atoms with Crippen molar-refractivity contribution < 1.29 is 4.79 Å². The average Bonchev–Trinajstić information content (AvgIpc) is 3.04. The summed E-state index contributed by atoms with van der Waals surface area (Å²) in [6.07, 6.45) is 4.41. The van der Waals surface area contributed by atoms with Gasteiger partial charge in [0.25, 0.3) is 5.91 Å². The fourth-order valence-electron chi connectivity index (χ4n) is 2.39. The highest BCUT2D eigenvalue weighted by Gasteiger charge is 2.15. The highest BCUT2D eigenvalue weighted by Crippen LogP contribution is 2.21. The van der Waals surface area contributed by atoms with Crippen LogP contribution in [0.2, 0.25) is 0 Å². The second-order valence-electron chi connectivity index (χ2n) is 4.75. The van der Waals surface area contributed by atoms with E-state index in [0.717, 1.165) is 22.9 Å². The number of hydrogen-bond donors (Lipinski definition) is 2. The van der Waals surface area contributed by atoms with Gasteiger partial charge < -0.3 is 9.88 Å². The smallest absolute Gasteiger partial charge is 0.258 e. The molecule has 102 valence electrons. The Labute approximate surface area is 116 Å². The van der Waals surface area contributed by atoms with Crippen LogP contribution in [0.1, 0.15) is 22.8 Å². The summed E-state index contributed by atoms with van der Waals surface area (Å²) in [5.74, 6) is 0.547. The van der Waals surface area contributed by atoms with E-state index in [2.05, 4.69) is 15.5 Å². The van der Waals surface area contributed by atoms with Crippen molar-refractivity contribution in [2.45, 2.75) is 13.3 Å². The number of benzene rings is 1. The van der Waals surface area contributed by atoms with E-state index in [-0.39, 0.29) is 5.91 Å². The van der Waals surface area contributed by atoms with E-state index in [1.54, 1.807) is 6.20 Å². The van der Waals surface area contributed by atoms with Crippen LogP contribution in [0.15, 0.2) is 36.7 Å². The first-order valence-electron chi connectivity index (χ1n) is 6.58. The number of aromatic amines is 1. The lowest BCUT2D eigenvalue weighted by Gasteiger charge is -2.03. The Bertz CT molecular complexity index is 769. The zero-order valence-corrected chi connectivity index (χ0v) is 11.5. The molecule has 20 heavy (non-hydrogen) atoms. The number of nitrogens with one attached hydrogen (secondary N) is 2. The minimum atomic E-state index is -0.124. The van der Waals surface area contributed by atoms with Gasteiger partial charge in [-0.05, 0) is 12.5 Å². The van der Waals surface area contributed by atoms with E-state index in [0.29, 0.717) is 11.4 Å². The molecule has 0 saturated carbocycles. The number of H-pyrrole nitrogens is 1. The average molecular weight is 268 g/mol. The maximum absolute atomic E-state index is 12.4. The third-order valence-electron chi connectivity index (χ3n) is 3.48. The number of carbonyl (C=O) groups is 1. The first kappa shape index (κ1) is 12.5. The standard InChI is InChI=1S/C15H16N4O/c1-3-10-8-16-18-14(10)17-15(20)12-9-19(2)13-7-5-4-6-11(12)13/h4-9H,3H2,1-2H3,(H2,16,17,18,20). The molecule has 2 N–H and O–H groups in total. The molecule has 0 aliphatic rings. The Kier molecular flexibility index (Phi) is 3.02. The Morgan fingerprint density at radius 2 is 2.20 bits per heavy atom. The van der Waals surface area contributed by atoms with E-state index in [1.807, 2.05) is 49.0 Å². The highest BCUT2D eigenvalue weighted by molar-refractivity contribution is 6.12. The van der Waals surface area contributed by atoms with Gasteiger partial charge in [-0.15, -0.1) is 0 Å². The summed E-state index contributed by atoms with van der Waals surface area (Å²) in [5.41, 5.74) is 2.70. The maximum Gasteiger partial charge on any atom is 0.258 e. The zero-order valence-electron chi connectivity index (χ0n) is 11.5. The number of rotatable bonds is 3. The number of nitrogens with zero attached hydrogens (tertiary/aromatic N) is 2. The van der Waals surface area contributed by atoms with Gasteiger partial charge in [0.1, 0.15) is 5.82 Å². The number of fused-ring (bicyclic) bond motifs is 1. The van der Waals surface area contributed by atoms with Crippen LogP contribution in [0, 0.1) is 0 Å². The van der Waals surface area contributed by atoms with Gasteiger partial charge in [0, 0.05) is 29.7 Å². The summed E-state index contributed by atoms with van der Waals surface area (Å²) in [7, 11) is 1.94. The van der Waals surface area contributed by atoms with Gasteiger partial charge >= 0.3 is 0 Å². The van der Waals surface area contributed by atoms with E-state index in [1.165, 1.54) is 0 Å². The van der Waals surface area contributed by atoms with Crippen LogP contribution in [0.4, 0.5) is 5.82 Å². The monoisotopic (exact) mass is 268 g/mol. The number of para-hydroxylation sites is 1. The van der Waals surface area contributed by atoms with Crippen molar-refractivity contribution in [3.63, 3.8) is 0 Å². The van der Waals surface area contributed by atoms with Crippen molar-refractivity contribution in [2.75, 3.05) is 5.32 Å². The number of amides is 1. The summed E-state index contributed by atoms with van der Waals surface area (Å²) < 4.78 is 1.96. The van der Waals surface area contributed by atoms with Gasteiger partial charge in [0.15, 0.2) is 0 Å². The van der Waals surface area contributed by atoms with E-state index in [9.17, 15) is 4.79 Å². The van der Waals surface area contributed by atoms with Gasteiger partial charge in [0.2, 0.25) is 0 Å². The number of hydrogen-bond acceptors (Lipinski definition) is 2. The topological polar surface area (TPSA) is 62.7 Å². The fraction of sp³-hybridized carbons (Fsp3) is 0.200. The summed E-state index contributed by atoms with van der Waals surface area (Å²) >= 11 is 0. The van der Waals surface area contributed by atoms with E-state index >= 15 is 0 Å². The van der Waals surface area contributed by atoms with Crippen LogP contribution in [-0.4, -0.2) is 20.7 Å². The maximum atomic E-state index is 12.4. The molecule has 0 aliphatic carbocycles. The van der Waals surface area contributed by atoms with Crippen LogP contribution in [0.25, 0.3) is 10.9 Å². The first-order chi connectivity index (χ1) is 9.70. The molecular formula is C15H16N4O. The molecule has 5 heteroatoms. The predicted molar refractivity (Wildman–Crippen MR) is 78.8 cm³/mol. The summed E-state index contributed by atoms with van der Waals surface area (Å²) in [5, 5.41) is 10.6. The van der Waals surface area contributed by atoms with Gasteiger partial charge in [-0.2, -0.15) is 5.10 Å². The highest BCUT2D eigenvalue weighted by atomic mass is 16.1. The largest absolute Gasteiger partial charge is 0.350 e. The third-order valence-corrected chi connectivity index (χ3v) is 3.48. The Balaban J connectivity index is 1.97. The predicted octanol–water partition coefficient (Wildman–Crippen LogP) is 2.72. The van der Waals surface area contributed by atoms with Gasteiger partial charge in [0.05, 0.1) is 11.8 Å². The lowest BCUT2D eigenvalue weighted by Crippen LogP contribution is -2.13. The van der Waals surface area contributed by atoms with Crippen LogP contribution < -0.4 is 5.32 Å². The fourth-order valence-corrected chi connectivity index (χ4v) is 2.39. The van der Waals surface area contributed by atoms with Crippen LogP contribution >= 0.6 is 0 Å². The molecular weight excluding hydrogens is 252 g/mol. The van der Waals surface area contributed by atoms with Gasteiger partial charge in [-0.3, -0.25) is 9.89 Å². The van der Waals surface area contributed by atoms with Crippen molar-refractivity contribution in [2.24, 2.45) is 7.05 Å². The minimum Gasteiger partial charge on any atom is -0.350 e. The van der Waals surface area contributed by atoms with Gasteiger partial charge in [-0.25, -0.2) is 0 Å². The number of aryl methyl sites for hydroxylation is 2. The Hall–Kier alpha value is -2.56. The molecule has 0 radical (unpaired) electrons. The summed E-state index contributed by atoms with van der Waals surface area (Å²) in [6, 6.07) is 7.86. The van der Waals surface area contributed by atoms with Crippen molar-refractivity contribution in [1.82, 2.24) is 14.8 Å². The number of anilines is 1. The second-order valence-corrected chi connectivity index (χ2v) is 4.75. The quantitative estimate of drug-likeness (QED) is 0.767. The molecule has 1 amide bonds. The van der Waals surface area contributed by atoms with Gasteiger partial charge in [-0.1, -0.05) is 25.1 Å². The van der Waals surface area contributed by atoms with Crippen LogP contribution in [0.5, 0.6) is 0 Å². The SMILES string of the molecule is CCc1cn[nH]c1NC(=O)c1cn(C)c2ccccc12. The Morgan fingerprint density at radius 3 is 3.00 bits per heavy atom. The summed E-state index contributed by atoms with van der Waals surface area (Å²) in [6.45, 7) is 2.03. The molecule has 0 atom stereocenters. The van der Waals surface area contributed by atoms with Crippen molar-refractivity contribution in [1.29, 1.82) is 0 Å². The van der Waals surface area contributed by atoms with Crippen LogP contribution in [0.3, 0.4) is 0 Å². The van der Waals surface area contributed by atoms with Crippen molar-refractivity contribution >= 4 is 22.6 Å². The molecule has 0 aliphatic heterocycles. The molecule has 0 unspecified atom stereocenters.